The maximum Gasteiger partial charge on any atom is 0.390 e. The van der Waals surface area contributed by atoms with Crippen molar-refractivity contribution in [2.75, 3.05) is 0 Å². The van der Waals surface area contributed by atoms with Gasteiger partial charge in [0.2, 0.25) is 0 Å². The summed E-state index contributed by atoms with van der Waals surface area (Å²) in [5, 5.41) is 0. The Morgan fingerprint density at radius 3 is 2.29 bits per heavy atom. The maximum absolute atomic E-state index is 13.4. The highest BCUT2D eigenvalue weighted by molar-refractivity contribution is 5.27. The molecule has 0 aliphatic heterocycles. The minimum atomic E-state index is -4.52. The minimum absolute atomic E-state index is 0.0223. The van der Waals surface area contributed by atoms with Crippen LogP contribution in [0.3, 0.4) is 0 Å². The Bertz CT molecular complexity index is 402. The third-order valence-corrected chi connectivity index (χ3v) is 2.32. The van der Waals surface area contributed by atoms with Gasteiger partial charge in [-0.1, -0.05) is 12.1 Å². The summed E-state index contributed by atoms with van der Waals surface area (Å²) in [6, 6.07) is 0.781. The molecule has 96 valence electrons. The molecule has 7 heteroatoms. The SMILES string of the molecule is Cc1ccc(C(CC(F)(F)F)NN)c(F)c1F. The summed E-state index contributed by atoms with van der Waals surface area (Å²) >= 11 is 0. The topological polar surface area (TPSA) is 38.0 Å². The van der Waals surface area contributed by atoms with E-state index >= 15 is 0 Å². The molecule has 0 radical (unpaired) electrons. The summed E-state index contributed by atoms with van der Waals surface area (Å²) in [5.74, 6) is 2.46. The first-order valence-corrected chi connectivity index (χ1v) is 4.73. The molecule has 3 N–H and O–H groups in total. The second kappa shape index (κ2) is 4.97. The zero-order valence-corrected chi connectivity index (χ0v) is 8.91. The van der Waals surface area contributed by atoms with Gasteiger partial charge in [-0.05, 0) is 12.5 Å². The van der Waals surface area contributed by atoms with Gasteiger partial charge in [0, 0.05) is 5.56 Å². The van der Waals surface area contributed by atoms with Gasteiger partial charge in [-0.2, -0.15) is 13.2 Å². The van der Waals surface area contributed by atoms with Crippen molar-refractivity contribution in [1.82, 2.24) is 5.43 Å². The van der Waals surface area contributed by atoms with E-state index in [4.69, 9.17) is 5.84 Å². The molecule has 1 atom stereocenters. The van der Waals surface area contributed by atoms with Crippen LogP contribution >= 0.6 is 0 Å². The minimum Gasteiger partial charge on any atom is -0.271 e. The summed E-state index contributed by atoms with van der Waals surface area (Å²) in [7, 11) is 0. The van der Waals surface area contributed by atoms with Crippen molar-refractivity contribution in [2.24, 2.45) is 5.84 Å². The van der Waals surface area contributed by atoms with Gasteiger partial charge in [0.25, 0.3) is 0 Å². The fourth-order valence-electron chi connectivity index (χ4n) is 1.42. The van der Waals surface area contributed by atoms with E-state index in [1.54, 1.807) is 0 Å². The molecule has 0 aliphatic rings. The summed E-state index contributed by atoms with van der Waals surface area (Å²) in [6.07, 6.45) is -5.90. The van der Waals surface area contributed by atoms with Gasteiger partial charge >= 0.3 is 6.18 Å². The van der Waals surface area contributed by atoms with Crippen LogP contribution in [0.1, 0.15) is 23.6 Å². The lowest BCUT2D eigenvalue weighted by atomic mass is 10.0. The molecule has 17 heavy (non-hydrogen) atoms. The summed E-state index contributed by atoms with van der Waals surface area (Å²) < 4.78 is 63.2. The molecule has 0 saturated heterocycles. The van der Waals surface area contributed by atoms with Gasteiger partial charge in [-0.3, -0.25) is 11.3 Å². The maximum atomic E-state index is 13.4. The standard InChI is InChI=1S/C10H11F5N2/c1-5-2-3-6(9(12)8(5)11)7(17-16)4-10(13,14)15/h2-3,7,17H,4,16H2,1H3. The first kappa shape index (κ1) is 13.9. The second-order valence-corrected chi connectivity index (χ2v) is 3.64. The summed E-state index contributed by atoms with van der Waals surface area (Å²) in [5.41, 5.74) is 1.42. The Kier molecular flexibility index (Phi) is 4.05. The molecule has 1 unspecified atom stereocenters. The van der Waals surface area contributed by atoms with Gasteiger partial charge in [0.05, 0.1) is 12.5 Å². The van der Waals surface area contributed by atoms with E-state index in [1.807, 2.05) is 5.43 Å². The lowest BCUT2D eigenvalue weighted by Crippen LogP contribution is -2.32. The highest BCUT2D eigenvalue weighted by atomic mass is 19.4. The Morgan fingerprint density at radius 1 is 1.24 bits per heavy atom. The first-order chi connectivity index (χ1) is 7.76. The molecule has 1 rings (SSSR count). The van der Waals surface area contributed by atoms with Crippen LogP contribution in [0.5, 0.6) is 0 Å². The van der Waals surface area contributed by atoms with Crippen molar-refractivity contribution in [3.8, 4) is 0 Å². The third kappa shape index (κ3) is 3.37. The van der Waals surface area contributed by atoms with E-state index < -0.39 is 35.8 Å². The highest BCUT2D eigenvalue weighted by Gasteiger charge is 2.33. The number of halogens is 5. The molecule has 1 aromatic rings. The smallest absolute Gasteiger partial charge is 0.271 e. The van der Waals surface area contributed by atoms with Gasteiger partial charge in [0.1, 0.15) is 0 Å². The fraction of sp³-hybridized carbons (Fsp3) is 0.400. The molecule has 0 saturated carbocycles. The molecule has 0 bridgehead atoms. The molecule has 1 aromatic carbocycles. The second-order valence-electron chi connectivity index (χ2n) is 3.64. The Morgan fingerprint density at radius 2 is 1.82 bits per heavy atom. The summed E-state index contributed by atoms with van der Waals surface area (Å²) in [4.78, 5) is 0. The summed E-state index contributed by atoms with van der Waals surface area (Å²) in [6.45, 7) is 1.32. The van der Waals surface area contributed by atoms with E-state index in [-0.39, 0.29) is 5.56 Å². The van der Waals surface area contributed by atoms with Crippen molar-refractivity contribution >= 4 is 0 Å². The van der Waals surface area contributed by atoms with Crippen LogP contribution in [-0.4, -0.2) is 6.18 Å². The fourth-order valence-corrected chi connectivity index (χ4v) is 1.42. The number of hydrazine groups is 1. The van der Waals surface area contributed by atoms with Gasteiger partial charge in [0.15, 0.2) is 11.6 Å². The van der Waals surface area contributed by atoms with Crippen LogP contribution in [0.25, 0.3) is 0 Å². The molecular weight excluding hydrogens is 243 g/mol. The zero-order chi connectivity index (χ0) is 13.2. The molecule has 2 nitrogen and oxygen atoms in total. The van der Waals surface area contributed by atoms with E-state index in [0.29, 0.717) is 0 Å². The van der Waals surface area contributed by atoms with Crippen LogP contribution in [0.4, 0.5) is 22.0 Å². The average Bonchev–Trinajstić information content (AvgIpc) is 2.22. The highest BCUT2D eigenvalue weighted by Crippen LogP contribution is 2.31. The number of hydrogen-bond acceptors (Lipinski definition) is 2. The van der Waals surface area contributed by atoms with Crippen LogP contribution in [-0.2, 0) is 0 Å². The third-order valence-electron chi connectivity index (χ3n) is 2.32. The van der Waals surface area contributed by atoms with E-state index in [0.717, 1.165) is 6.07 Å². The number of benzene rings is 1. The van der Waals surface area contributed by atoms with Crippen LogP contribution < -0.4 is 11.3 Å². The first-order valence-electron chi connectivity index (χ1n) is 4.73. The number of aryl methyl sites for hydroxylation is 1. The van der Waals surface area contributed by atoms with Crippen LogP contribution in [0.2, 0.25) is 0 Å². The van der Waals surface area contributed by atoms with E-state index in [2.05, 4.69) is 0 Å². The Labute approximate surface area is 94.6 Å². The number of hydrogen-bond donors (Lipinski definition) is 2. The van der Waals surface area contributed by atoms with E-state index in [9.17, 15) is 22.0 Å². The predicted molar refractivity (Wildman–Crippen MR) is 51.8 cm³/mol. The molecular formula is C10H11F5N2. The van der Waals surface area contributed by atoms with Gasteiger partial charge in [-0.25, -0.2) is 8.78 Å². The average molecular weight is 254 g/mol. The molecule has 0 aromatic heterocycles. The van der Waals surface area contributed by atoms with E-state index in [1.165, 1.54) is 13.0 Å². The van der Waals surface area contributed by atoms with Crippen molar-refractivity contribution in [3.63, 3.8) is 0 Å². The number of nitrogens with two attached hydrogens (primary N) is 1. The molecule has 0 fully saturated rings. The predicted octanol–water partition coefficient (Wildman–Crippen LogP) is 2.73. The largest absolute Gasteiger partial charge is 0.390 e. The van der Waals surface area contributed by atoms with Gasteiger partial charge in [-0.15, -0.1) is 0 Å². The lowest BCUT2D eigenvalue weighted by molar-refractivity contribution is -0.140. The lowest BCUT2D eigenvalue weighted by Gasteiger charge is -2.19. The van der Waals surface area contributed by atoms with Crippen molar-refractivity contribution in [3.05, 3.63) is 34.9 Å². The normalized spacial score (nSPS) is 13.8. The quantitative estimate of drug-likeness (QED) is 0.494. The zero-order valence-electron chi connectivity index (χ0n) is 8.91. The van der Waals surface area contributed by atoms with Crippen molar-refractivity contribution in [2.45, 2.75) is 25.6 Å². The van der Waals surface area contributed by atoms with Gasteiger partial charge < -0.3 is 0 Å². The molecule has 0 amide bonds. The van der Waals surface area contributed by atoms with Crippen LogP contribution in [0.15, 0.2) is 12.1 Å². The molecule has 0 aliphatic carbocycles. The Hall–Kier alpha value is -1.21. The number of rotatable bonds is 3. The number of alkyl halides is 3. The Balaban J connectivity index is 3.09. The van der Waals surface area contributed by atoms with Crippen molar-refractivity contribution < 1.29 is 22.0 Å². The molecule has 0 heterocycles. The number of nitrogens with one attached hydrogen (secondary N) is 1. The van der Waals surface area contributed by atoms with Crippen LogP contribution in [0, 0.1) is 18.6 Å². The molecule has 0 spiro atoms. The van der Waals surface area contributed by atoms with Crippen molar-refractivity contribution in [1.29, 1.82) is 0 Å². The monoisotopic (exact) mass is 254 g/mol.